The van der Waals surface area contributed by atoms with Crippen molar-refractivity contribution in [1.29, 1.82) is 5.26 Å². The van der Waals surface area contributed by atoms with Gasteiger partial charge in [0.05, 0.1) is 6.61 Å². The Labute approximate surface area is 189 Å². The van der Waals surface area contributed by atoms with Gasteiger partial charge in [0, 0.05) is 5.56 Å². The van der Waals surface area contributed by atoms with Crippen LogP contribution in [0.3, 0.4) is 0 Å². The molecule has 0 spiro atoms. The number of hydrogen-bond donors (Lipinski definition) is 0. The van der Waals surface area contributed by atoms with E-state index in [4.69, 9.17) is 9.47 Å². The first-order valence-electron chi connectivity index (χ1n) is 10.6. The molecule has 32 heavy (non-hydrogen) atoms. The minimum atomic E-state index is -0.309. The smallest absolute Gasteiger partial charge is 0.203 e. The average molecular weight is 426 g/mol. The normalized spacial score (nSPS) is 11.0. The number of carbonyl (C=O) groups excluding carboxylic acids is 1. The highest BCUT2D eigenvalue weighted by Crippen LogP contribution is 2.31. The summed E-state index contributed by atoms with van der Waals surface area (Å²) in [6.45, 7) is 9.07. The predicted octanol–water partition coefficient (Wildman–Crippen LogP) is 6.38. The lowest BCUT2D eigenvalue weighted by molar-refractivity contribution is 0.104. The van der Waals surface area contributed by atoms with Gasteiger partial charge in [-0.1, -0.05) is 54.1 Å². The minimum Gasteiger partial charge on any atom is -0.490 e. The minimum absolute atomic E-state index is 0.0678. The van der Waals surface area contributed by atoms with Gasteiger partial charge in [-0.2, -0.15) is 5.26 Å². The van der Waals surface area contributed by atoms with E-state index in [0.717, 1.165) is 5.56 Å². The molecule has 3 aromatic rings. The van der Waals surface area contributed by atoms with E-state index in [1.54, 1.807) is 36.4 Å². The summed E-state index contributed by atoms with van der Waals surface area (Å²) in [4.78, 5) is 12.7. The van der Waals surface area contributed by atoms with E-state index in [1.165, 1.54) is 16.7 Å². The van der Waals surface area contributed by atoms with E-state index in [1.807, 2.05) is 31.2 Å². The molecule has 3 rings (SSSR count). The molecular formula is C28H27NO3. The average Bonchev–Trinajstić information content (AvgIpc) is 2.78. The Morgan fingerprint density at radius 2 is 1.62 bits per heavy atom. The van der Waals surface area contributed by atoms with Crippen molar-refractivity contribution in [3.05, 3.63) is 99.6 Å². The molecular weight excluding hydrogens is 398 g/mol. The van der Waals surface area contributed by atoms with E-state index < -0.39 is 0 Å². The molecule has 162 valence electrons. The van der Waals surface area contributed by atoms with E-state index >= 15 is 0 Å². The molecule has 0 radical (unpaired) electrons. The molecule has 0 aliphatic heterocycles. The maximum absolute atomic E-state index is 12.7. The standard InChI is InChI=1S/C28H27NO3/c1-5-31-27-16-22(15-24(17-29)28(30)23-9-7-6-8-10-23)11-12-26(27)32-18-25-20(3)13-19(2)14-21(25)4/h6-16H,5,18H2,1-4H3/b24-15+. The fraction of sp³-hybridized carbons (Fsp3) is 0.214. The zero-order valence-corrected chi connectivity index (χ0v) is 18.9. The maximum atomic E-state index is 12.7. The first-order chi connectivity index (χ1) is 15.4. The number of ether oxygens (including phenoxy) is 2. The van der Waals surface area contributed by atoms with Crippen LogP contribution >= 0.6 is 0 Å². The van der Waals surface area contributed by atoms with Crippen molar-refractivity contribution in [2.45, 2.75) is 34.3 Å². The number of carbonyl (C=O) groups is 1. The molecule has 0 atom stereocenters. The van der Waals surface area contributed by atoms with Gasteiger partial charge in [-0.15, -0.1) is 0 Å². The van der Waals surface area contributed by atoms with E-state index in [2.05, 4.69) is 32.9 Å². The summed E-state index contributed by atoms with van der Waals surface area (Å²) in [5, 5.41) is 9.53. The molecule has 0 bridgehead atoms. The largest absolute Gasteiger partial charge is 0.490 e. The third kappa shape index (κ3) is 5.44. The molecule has 0 saturated carbocycles. The number of ketones is 1. The zero-order chi connectivity index (χ0) is 23.1. The first kappa shape index (κ1) is 22.8. The van der Waals surface area contributed by atoms with Crippen LogP contribution in [0.1, 0.15) is 45.1 Å². The predicted molar refractivity (Wildman–Crippen MR) is 127 cm³/mol. The van der Waals surface area contributed by atoms with Crippen LogP contribution in [0.15, 0.2) is 66.2 Å². The lowest BCUT2D eigenvalue weighted by atomic mass is 10.0. The molecule has 3 aromatic carbocycles. The van der Waals surface area contributed by atoms with Crippen LogP contribution in [0.25, 0.3) is 6.08 Å². The molecule has 0 heterocycles. The zero-order valence-electron chi connectivity index (χ0n) is 18.9. The Morgan fingerprint density at radius 3 is 2.25 bits per heavy atom. The summed E-state index contributed by atoms with van der Waals surface area (Å²) in [7, 11) is 0. The summed E-state index contributed by atoms with van der Waals surface area (Å²) in [6.07, 6.45) is 1.58. The fourth-order valence-corrected chi connectivity index (χ4v) is 3.65. The van der Waals surface area contributed by atoms with Crippen LogP contribution in [0, 0.1) is 32.1 Å². The first-order valence-corrected chi connectivity index (χ1v) is 10.6. The van der Waals surface area contributed by atoms with Crippen molar-refractivity contribution in [2.24, 2.45) is 0 Å². The second-order valence-electron chi connectivity index (χ2n) is 7.67. The lowest BCUT2D eigenvalue weighted by Gasteiger charge is -2.16. The van der Waals surface area contributed by atoms with E-state index in [9.17, 15) is 10.1 Å². The van der Waals surface area contributed by atoms with Crippen LogP contribution in [0.2, 0.25) is 0 Å². The molecule has 0 saturated heterocycles. The highest BCUT2D eigenvalue weighted by Gasteiger charge is 2.13. The van der Waals surface area contributed by atoms with Crippen LogP contribution in [0.4, 0.5) is 0 Å². The molecule has 0 amide bonds. The van der Waals surface area contributed by atoms with Gasteiger partial charge >= 0.3 is 0 Å². The molecule has 0 unspecified atom stereocenters. The van der Waals surface area contributed by atoms with Crippen molar-refractivity contribution in [1.82, 2.24) is 0 Å². The van der Waals surface area contributed by atoms with Gasteiger partial charge in [-0.05, 0) is 68.2 Å². The lowest BCUT2D eigenvalue weighted by Crippen LogP contribution is -2.04. The number of benzene rings is 3. The van der Waals surface area contributed by atoms with Crippen LogP contribution < -0.4 is 9.47 Å². The summed E-state index contributed by atoms with van der Waals surface area (Å²) in [6, 6.07) is 20.5. The molecule has 4 heteroatoms. The highest BCUT2D eigenvalue weighted by molar-refractivity contribution is 6.14. The van der Waals surface area contributed by atoms with Crippen molar-refractivity contribution >= 4 is 11.9 Å². The molecule has 0 N–H and O–H groups in total. The van der Waals surface area contributed by atoms with Gasteiger partial charge in [0.2, 0.25) is 5.78 Å². The Kier molecular flexibility index (Phi) is 7.46. The van der Waals surface area contributed by atoms with Crippen molar-refractivity contribution in [2.75, 3.05) is 6.61 Å². The van der Waals surface area contributed by atoms with Gasteiger partial charge in [-0.3, -0.25) is 4.79 Å². The monoisotopic (exact) mass is 425 g/mol. The second-order valence-corrected chi connectivity index (χ2v) is 7.67. The van der Waals surface area contributed by atoms with Crippen LogP contribution in [-0.2, 0) is 6.61 Å². The van der Waals surface area contributed by atoms with Gasteiger partial charge in [0.15, 0.2) is 11.5 Å². The van der Waals surface area contributed by atoms with Gasteiger partial charge in [-0.25, -0.2) is 0 Å². The third-order valence-corrected chi connectivity index (χ3v) is 5.19. The molecule has 0 aliphatic rings. The molecule has 4 nitrogen and oxygen atoms in total. The number of nitriles is 1. The topological polar surface area (TPSA) is 59.3 Å². The fourth-order valence-electron chi connectivity index (χ4n) is 3.65. The summed E-state index contributed by atoms with van der Waals surface area (Å²) in [5.74, 6) is 0.890. The van der Waals surface area contributed by atoms with Gasteiger partial charge in [0.25, 0.3) is 0 Å². The maximum Gasteiger partial charge on any atom is 0.203 e. The van der Waals surface area contributed by atoms with Crippen molar-refractivity contribution in [3.8, 4) is 17.6 Å². The summed E-state index contributed by atoms with van der Waals surface area (Å²) >= 11 is 0. The number of allylic oxidation sites excluding steroid dienone is 1. The van der Waals surface area contributed by atoms with Crippen LogP contribution in [0.5, 0.6) is 11.5 Å². The Bertz CT molecular complexity index is 1160. The summed E-state index contributed by atoms with van der Waals surface area (Å²) in [5.41, 5.74) is 6.02. The van der Waals surface area contributed by atoms with E-state index in [0.29, 0.717) is 35.8 Å². The SMILES string of the molecule is CCOc1cc(/C=C(\C#N)C(=O)c2ccccc2)ccc1OCc1c(C)cc(C)cc1C. The Morgan fingerprint density at radius 1 is 0.938 bits per heavy atom. The van der Waals surface area contributed by atoms with Gasteiger partial charge < -0.3 is 9.47 Å². The number of Topliss-reactive ketones (excluding diaryl/α,β-unsaturated/α-hetero) is 1. The summed E-state index contributed by atoms with van der Waals surface area (Å²) < 4.78 is 11.9. The van der Waals surface area contributed by atoms with Crippen molar-refractivity contribution in [3.63, 3.8) is 0 Å². The number of rotatable bonds is 8. The highest BCUT2D eigenvalue weighted by atomic mass is 16.5. The number of aryl methyl sites for hydroxylation is 3. The Balaban J connectivity index is 1.86. The Hall–Kier alpha value is -3.84. The number of nitrogens with zero attached hydrogens (tertiary/aromatic N) is 1. The van der Waals surface area contributed by atoms with Crippen LogP contribution in [-0.4, -0.2) is 12.4 Å². The van der Waals surface area contributed by atoms with E-state index in [-0.39, 0.29) is 11.4 Å². The second kappa shape index (κ2) is 10.5. The number of hydrogen-bond acceptors (Lipinski definition) is 4. The molecule has 0 aliphatic carbocycles. The third-order valence-electron chi connectivity index (χ3n) is 5.19. The quantitative estimate of drug-likeness (QED) is 0.239. The molecule has 0 fully saturated rings. The van der Waals surface area contributed by atoms with Gasteiger partial charge in [0.1, 0.15) is 18.2 Å². The van der Waals surface area contributed by atoms with Crippen molar-refractivity contribution < 1.29 is 14.3 Å². The molecule has 0 aromatic heterocycles.